The topological polar surface area (TPSA) is 170 Å². The minimum atomic E-state index is -1.08. The number of carboxylic acid groups (broad SMARTS) is 1. The van der Waals surface area contributed by atoms with E-state index < -0.39 is 23.7 Å². The Hall–Kier alpha value is -4.81. The molecule has 1 aromatic carbocycles. The van der Waals surface area contributed by atoms with Crippen LogP contribution in [0.3, 0.4) is 0 Å². The van der Waals surface area contributed by atoms with Gasteiger partial charge < -0.3 is 19.9 Å². The molecule has 0 aliphatic heterocycles. The first kappa shape index (κ1) is 25.3. The van der Waals surface area contributed by atoms with Crippen molar-refractivity contribution in [2.24, 2.45) is 0 Å². The first-order valence-corrected chi connectivity index (χ1v) is 11.4. The van der Waals surface area contributed by atoms with E-state index in [1.165, 1.54) is 4.80 Å². The number of H-pyrrole nitrogens is 1. The van der Waals surface area contributed by atoms with Gasteiger partial charge in [-0.15, -0.1) is 10.2 Å². The molecule has 0 radical (unpaired) electrons. The molecule has 3 heterocycles. The number of aliphatic carboxylic acids is 1. The zero-order valence-electron chi connectivity index (χ0n) is 20.5. The Morgan fingerprint density at radius 3 is 2.49 bits per heavy atom. The smallest absolute Gasteiger partial charge is 0.407 e. The highest BCUT2D eigenvalue weighted by molar-refractivity contribution is 5.71. The Kier molecular flexibility index (Phi) is 7.41. The summed E-state index contributed by atoms with van der Waals surface area (Å²) in [5.74, 6) is 0.255. The van der Waals surface area contributed by atoms with Crippen molar-refractivity contribution < 1.29 is 24.2 Å². The molecule has 0 spiro atoms. The minimum absolute atomic E-state index is 0.0000494. The lowest BCUT2D eigenvalue weighted by molar-refractivity contribution is -0.137. The van der Waals surface area contributed by atoms with E-state index in [0.29, 0.717) is 23.0 Å². The van der Waals surface area contributed by atoms with Crippen LogP contribution in [0.2, 0.25) is 0 Å². The van der Waals surface area contributed by atoms with E-state index in [-0.39, 0.29) is 13.0 Å². The van der Waals surface area contributed by atoms with Crippen LogP contribution in [0.15, 0.2) is 54.9 Å². The molecule has 0 saturated carbocycles. The molecule has 3 N–H and O–H groups in total. The number of ether oxygens (including phenoxy) is 2. The van der Waals surface area contributed by atoms with E-state index >= 15 is 0 Å². The maximum Gasteiger partial charge on any atom is 0.407 e. The van der Waals surface area contributed by atoms with Crippen LogP contribution in [0.25, 0.3) is 22.6 Å². The molecular weight excluding hydrogens is 480 g/mol. The van der Waals surface area contributed by atoms with E-state index in [4.69, 9.17) is 9.47 Å². The summed E-state index contributed by atoms with van der Waals surface area (Å²) in [5.41, 5.74) is 1.71. The molecule has 0 fully saturated rings. The minimum Gasteiger partial charge on any atom is -0.481 e. The number of carboxylic acids is 1. The fourth-order valence-electron chi connectivity index (χ4n) is 3.29. The van der Waals surface area contributed by atoms with Gasteiger partial charge in [0.15, 0.2) is 0 Å². The lowest BCUT2D eigenvalue weighted by atomic mass is 10.2. The summed E-state index contributed by atoms with van der Waals surface area (Å²) in [4.78, 5) is 28.9. The van der Waals surface area contributed by atoms with E-state index in [2.05, 4.69) is 35.9 Å². The van der Waals surface area contributed by atoms with Crippen LogP contribution in [-0.2, 0) is 16.1 Å². The second kappa shape index (κ2) is 10.8. The molecule has 13 heteroatoms. The number of nitrogens with zero attached hydrogens (tertiary/aromatic N) is 6. The van der Waals surface area contributed by atoms with Gasteiger partial charge in [-0.1, -0.05) is 0 Å². The van der Waals surface area contributed by atoms with Crippen molar-refractivity contribution in [1.29, 1.82) is 0 Å². The average Bonchev–Trinajstić information content (AvgIpc) is 3.51. The molecule has 0 aliphatic carbocycles. The van der Waals surface area contributed by atoms with Gasteiger partial charge in [-0.2, -0.15) is 9.90 Å². The number of aromatic nitrogens is 7. The zero-order valence-corrected chi connectivity index (χ0v) is 20.5. The maximum atomic E-state index is 12.1. The van der Waals surface area contributed by atoms with Gasteiger partial charge in [-0.3, -0.25) is 9.89 Å². The molecule has 37 heavy (non-hydrogen) atoms. The van der Waals surface area contributed by atoms with Crippen molar-refractivity contribution in [3.8, 4) is 34.3 Å². The van der Waals surface area contributed by atoms with Crippen LogP contribution < -0.4 is 10.1 Å². The second-order valence-electron chi connectivity index (χ2n) is 9.09. The molecule has 4 aromatic rings. The van der Waals surface area contributed by atoms with Crippen molar-refractivity contribution in [1.82, 2.24) is 40.7 Å². The molecule has 4 rings (SSSR count). The number of amides is 1. The number of benzene rings is 1. The van der Waals surface area contributed by atoms with Crippen molar-refractivity contribution in [2.45, 2.75) is 45.4 Å². The summed E-state index contributed by atoms with van der Waals surface area (Å²) < 4.78 is 11.0. The third-order valence-electron chi connectivity index (χ3n) is 4.86. The van der Waals surface area contributed by atoms with Crippen LogP contribution in [0.4, 0.5) is 4.79 Å². The highest BCUT2D eigenvalue weighted by atomic mass is 16.6. The third-order valence-corrected chi connectivity index (χ3v) is 4.86. The summed E-state index contributed by atoms with van der Waals surface area (Å²) in [5, 5.41) is 30.9. The number of carbonyl (C=O) groups is 2. The summed E-state index contributed by atoms with van der Waals surface area (Å²) in [6.07, 6.45) is 2.30. The Morgan fingerprint density at radius 1 is 1.11 bits per heavy atom. The Bertz CT molecular complexity index is 1330. The maximum absolute atomic E-state index is 12.1. The molecular formula is C24H26N8O5. The van der Waals surface area contributed by atoms with E-state index in [9.17, 15) is 14.7 Å². The van der Waals surface area contributed by atoms with Crippen molar-refractivity contribution in [3.05, 3.63) is 54.9 Å². The average molecular weight is 507 g/mol. The van der Waals surface area contributed by atoms with Gasteiger partial charge in [0.1, 0.15) is 11.4 Å². The Labute approximate surface area is 211 Å². The lowest BCUT2D eigenvalue weighted by Crippen LogP contribution is -2.42. The summed E-state index contributed by atoms with van der Waals surface area (Å²) in [7, 11) is 0. The van der Waals surface area contributed by atoms with Gasteiger partial charge in [0.25, 0.3) is 0 Å². The van der Waals surface area contributed by atoms with Gasteiger partial charge in [0, 0.05) is 29.6 Å². The number of alkyl carbamates (subject to hydrolysis) is 1. The van der Waals surface area contributed by atoms with E-state index in [1.54, 1.807) is 63.5 Å². The van der Waals surface area contributed by atoms with Crippen molar-refractivity contribution >= 4 is 12.1 Å². The quantitative estimate of drug-likeness (QED) is 0.306. The van der Waals surface area contributed by atoms with Gasteiger partial charge >= 0.3 is 12.1 Å². The highest BCUT2D eigenvalue weighted by Crippen LogP contribution is 2.24. The standard InChI is InChI=1S/C24H26N8O5/c1-24(2,3)37-23(35)27-17(12-21(33)34)14-32-30-22(29-31-32)15-4-7-18(8-5-15)36-20-9-6-16(13-25-20)19-10-11-26-28-19/h4-11,13,17H,12,14H2,1-3H3,(H,26,28)(H,27,35)(H,33,34). The van der Waals surface area contributed by atoms with Crippen LogP contribution in [0.5, 0.6) is 11.6 Å². The van der Waals surface area contributed by atoms with Crippen LogP contribution in [0, 0.1) is 0 Å². The summed E-state index contributed by atoms with van der Waals surface area (Å²) >= 11 is 0. The van der Waals surface area contributed by atoms with E-state index in [1.807, 2.05) is 12.1 Å². The van der Waals surface area contributed by atoms with Crippen LogP contribution in [-0.4, -0.2) is 64.2 Å². The predicted octanol–water partition coefficient (Wildman–Crippen LogP) is 3.29. The Balaban J connectivity index is 1.38. The number of nitrogens with one attached hydrogen (secondary N) is 2. The molecule has 1 amide bonds. The lowest BCUT2D eigenvalue weighted by Gasteiger charge is -2.22. The molecule has 0 bridgehead atoms. The third kappa shape index (κ3) is 7.34. The molecule has 1 unspecified atom stereocenters. The molecule has 192 valence electrons. The molecule has 3 aromatic heterocycles. The zero-order chi connectivity index (χ0) is 26.4. The molecule has 13 nitrogen and oxygen atoms in total. The van der Waals surface area contributed by atoms with Gasteiger partial charge in [-0.25, -0.2) is 9.78 Å². The Morgan fingerprint density at radius 2 is 1.86 bits per heavy atom. The molecule has 0 saturated heterocycles. The number of hydrogen-bond acceptors (Lipinski definition) is 9. The second-order valence-corrected chi connectivity index (χ2v) is 9.09. The van der Waals surface area contributed by atoms with Crippen LogP contribution >= 0.6 is 0 Å². The fraction of sp³-hybridized carbons (Fsp3) is 0.292. The predicted molar refractivity (Wildman–Crippen MR) is 131 cm³/mol. The fourth-order valence-corrected chi connectivity index (χ4v) is 3.29. The number of pyridine rings is 1. The number of tetrazole rings is 1. The number of carbonyl (C=O) groups excluding carboxylic acids is 1. The monoisotopic (exact) mass is 506 g/mol. The normalized spacial score (nSPS) is 12.1. The highest BCUT2D eigenvalue weighted by Gasteiger charge is 2.22. The largest absolute Gasteiger partial charge is 0.481 e. The molecule has 1 atom stereocenters. The van der Waals surface area contributed by atoms with Gasteiger partial charge in [0.05, 0.1) is 24.7 Å². The van der Waals surface area contributed by atoms with Crippen LogP contribution in [0.1, 0.15) is 27.2 Å². The first-order chi connectivity index (χ1) is 17.6. The summed E-state index contributed by atoms with van der Waals surface area (Å²) in [6, 6.07) is 11.7. The SMILES string of the molecule is CC(C)(C)OC(=O)NC(CC(=O)O)Cn1nnc(-c2ccc(Oc3ccc(-c4ccn[nH]4)cn3)cc2)n1. The first-order valence-electron chi connectivity index (χ1n) is 11.4. The number of hydrogen-bond donors (Lipinski definition) is 3. The van der Waals surface area contributed by atoms with Crippen molar-refractivity contribution in [2.75, 3.05) is 0 Å². The number of aromatic amines is 1. The van der Waals surface area contributed by atoms with E-state index in [0.717, 1.165) is 11.3 Å². The number of rotatable bonds is 9. The van der Waals surface area contributed by atoms with Gasteiger partial charge in [-0.05, 0) is 62.4 Å². The molecule has 0 aliphatic rings. The van der Waals surface area contributed by atoms with Crippen molar-refractivity contribution in [3.63, 3.8) is 0 Å². The summed E-state index contributed by atoms with van der Waals surface area (Å²) in [6.45, 7) is 5.15. The van der Waals surface area contributed by atoms with Gasteiger partial charge in [0.2, 0.25) is 11.7 Å².